The Morgan fingerprint density at radius 1 is 1.46 bits per heavy atom. The molecule has 2 heteroatoms. The van der Waals surface area contributed by atoms with Crippen LogP contribution in [0.25, 0.3) is 0 Å². The second kappa shape index (κ2) is 4.97. The van der Waals surface area contributed by atoms with E-state index in [1.165, 1.54) is 12.1 Å². The quantitative estimate of drug-likeness (QED) is 0.758. The van der Waals surface area contributed by atoms with Gasteiger partial charge in [0, 0.05) is 0 Å². The molecule has 1 atom stereocenters. The van der Waals surface area contributed by atoms with E-state index in [9.17, 15) is 9.50 Å². The van der Waals surface area contributed by atoms with Crippen molar-refractivity contribution >= 4 is 0 Å². The highest BCUT2D eigenvalue weighted by Crippen LogP contribution is 2.09. The highest BCUT2D eigenvalue weighted by Gasteiger charge is 2.04. The van der Waals surface area contributed by atoms with Crippen LogP contribution in [0.15, 0.2) is 24.3 Å². The second-order valence-electron chi connectivity index (χ2n) is 3.28. The van der Waals surface area contributed by atoms with Crippen molar-refractivity contribution in [1.29, 1.82) is 0 Å². The molecule has 1 aromatic carbocycles. The Labute approximate surface area is 78.2 Å². The summed E-state index contributed by atoms with van der Waals surface area (Å²) in [5, 5.41) is 9.47. The van der Waals surface area contributed by atoms with Gasteiger partial charge >= 0.3 is 0 Å². The maximum Gasteiger partial charge on any atom is 0.123 e. The van der Waals surface area contributed by atoms with Gasteiger partial charge < -0.3 is 5.11 Å². The molecule has 0 spiro atoms. The molecule has 0 amide bonds. The molecule has 0 aliphatic rings. The summed E-state index contributed by atoms with van der Waals surface area (Å²) in [5.74, 6) is -0.235. The van der Waals surface area contributed by atoms with Crippen molar-refractivity contribution in [2.45, 2.75) is 32.3 Å². The van der Waals surface area contributed by atoms with Crippen molar-refractivity contribution in [1.82, 2.24) is 0 Å². The Bertz CT molecular complexity index is 260. The van der Waals surface area contributed by atoms with E-state index in [4.69, 9.17) is 0 Å². The monoisotopic (exact) mass is 182 g/mol. The van der Waals surface area contributed by atoms with Crippen LogP contribution in [-0.4, -0.2) is 11.2 Å². The van der Waals surface area contributed by atoms with Gasteiger partial charge in [-0.05, 0) is 30.5 Å². The highest BCUT2D eigenvalue weighted by molar-refractivity contribution is 5.16. The van der Waals surface area contributed by atoms with Crippen molar-refractivity contribution < 1.29 is 9.50 Å². The van der Waals surface area contributed by atoms with Crippen LogP contribution in [0.3, 0.4) is 0 Å². The van der Waals surface area contributed by atoms with Crippen molar-refractivity contribution in [3.8, 4) is 0 Å². The van der Waals surface area contributed by atoms with Crippen molar-refractivity contribution in [3.63, 3.8) is 0 Å². The molecule has 1 N–H and O–H groups in total. The fourth-order valence-electron chi connectivity index (χ4n) is 1.37. The maximum atomic E-state index is 12.7. The van der Waals surface area contributed by atoms with Gasteiger partial charge in [0.25, 0.3) is 0 Å². The Kier molecular flexibility index (Phi) is 3.90. The summed E-state index contributed by atoms with van der Waals surface area (Å²) in [6.45, 7) is 2.02. The van der Waals surface area contributed by atoms with E-state index in [0.29, 0.717) is 6.42 Å². The summed E-state index contributed by atoms with van der Waals surface area (Å²) < 4.78 is 12.7. The van der Waals surface area contributed by atoms with Crippen molar-refractivity contribution in [3.05, 3.63) is 35.6 Å². The fraction of sp³-hybridized carbons (Fsp3) is 0.455. The van der Waals surface area contributed by atoms with Crippen molar-refractivity contribution in [2.24, 2.45) is 0 Å². The Morgan fingerprint density at radius 3 is 2.85 bits per heavy atom. The largest absolute Gasteiger partial charge is 0.393 e. The predicted octanol–water partition coefficient (Wildman–Crippen LogP) is 2.53. The highest BCUT2D eigenvalue weighted by atomic mass is 19.1. The average molecular weight is 182 g/mol. The van der Waals surface area contributed by atoms with Gasteiger partial charge in [-0.3, -0.25) is 0 Å². The molecule has 1 unspecified atom stereocenters. The fourth-order valence-corrected chi connectivity index (χ4v) is 1.37. The molecule has 1 aromatic rings. The molecular formula is C11H15FO. The van der Waals surface area contributed by atoms with Crippen LogP contribution < -0.4 is 0 Å². The molecule has 0 fully saturated rings. The Morgan fingerprint density at radius 2 is 2.23 bits per heavy atom. The third-order valence-corrected chi connectivity index (χ3v) is 1.98. The molecule has 0 aromatic heterocycles. The van der Waals surface area contributed by atoms with Crippen LogP contribution >= 0.6 is 0 Å². The van der Waals surface area contributed by atoms with Crippen molar-refractivity contribution in [2.75, 3.05) is 0 Å². The molecule has 0 bridgehead atoms. The summed E-state index contributed by atoms with van der Waals surface area (Å²) in [6, 6.07) is 6.39. The number of rotatable bonds is 4. The number of hydrogen-bond acceptors (Lipinski definition) is 1. The SMILES string of the molecule is CCCC(O)Cc1cccc(F)c1. The Hall–Kier alpha value is -0.890. The summed E-state index contributed by atoms with van der Waals surface area (Å²) in [6.07, 6.45) is 1.94. The molecule has 0 heterocycles. The molecular weight excluding hydrogens is 167 g/mol. The van der Waals surface area contributed by atoms with Gasteiger partial charge in [0.1, 0.15) is 5.82 Å². The van der Waals surface area contributed by atoms with E-state index in [2.05, 4.69) is 0 Å². The topological polar surface area (TPSA) is 20.2 Å². The lowest BCUT2D eigenvalue weighted by molar-refractivity contribution is 0.164. The third-order valence-electron chi connectivity index (χ3n) is 1.98. The normalized spacial score (nSPS) is 12.8. The van der Waals surface area contributed by atoms with E-state index in [1.54, 1.807) is 6.07 Å². The Balaban J connectivity index is 2.53. The van der Waals surface area contributed by atoms with Gasteiger partial charge in [0.2, 0.25) is 0 Å². The zero-order valence-electron chi connectivity index (χ0n) is 7.83. The van der Waals surface area contributed by atoms with Crippen LogP contribution in [-0.2, 0) is 6.42 Å². The standard InChI is InChI=1S/C11H15FO/c1-2-4-11(13)8-9-5-3-6-10(12)7-9/h3,5-7,11,13H,2,4,8H2,1H3. The predicted molar refractivity (Wildman–Crippen MR) is 51.0 cm³/mol. The van der Waals surface area contributed by atoms with Gasteiger partial charge in [-0.1, -0.05) is 25.5 Å². The molecule has 72 valence electrons. The minimum Gasteiger partial charge on any atom is -0.393 e. The van der Waals surface area contributed by atoms with E-state index in [-0.39, 0.29) is 11.9 Å². The van der Waals surface area contributed by atoms with Gasteiger partial charge in [0.15, 0.2) is 0 Å². The number of benzene rings is 1. The molecule has 0 aliphatic heterocycles. The van der Waals surface area contributed by atoms with Gasteiger partial charge in [0.05, 0.1) is 6.10 Å². The molecule has 0 saturated carbocycles. The minimum absolute atomic E-state index is 0.235. The smallest absolute Gasteiger partial charge is 0.123 e. The summed E-state index contributed by atoms with van der Waals surface area (Å²) in [4.78, 5) is 0. The number of aliphatic hydroxyl groups excluding tert-OH is 1. The number of aliphatic hydroxyl groups is 1. The molecule has 0 saturated heterocycles. The summed E-state index contributed by atoms with van der Waals surface area (Å²) in [5.41, 5.74) is 0.862. The van der Waals surface area contributed by atoms with Gasteiger partial charge in [-0.15, -0.1) is 0 Å². The van der Waals surface area contributed by atoms with Crippen LogP contribution in [0.1, 0.15) is 25.3 Å². The summed E-state index contributed by atoms with van der Waals surface area (Å²) in [7, 11) is 0. The van der Waals surface area contributed by atoms with Gasteiger partial charge in [-0.25, -0.2) is 4.39 Å². The van der Waals surface area contributed by atoms with Crippen LogP contribution in [0, 0.1) is 5.82 Å². The lowest BCUT2D eigenvalue weighted by Gasteiger charge is -2.08. The van der Waals surface area contributed by atoms with E-state index in [0.717, 1.165) is 18.4 Å². The average Bonchev–Trinajstić information content (AvgIpc) is 2.04. The first-order valence-corrected chi connectivity index (χ1v) is 4.65. The first-order chi connectivity index (χ1) is 6.22. The minimum atomic E-state index is -0.341. The zero-order valence-corrected chi connectivity index (χ0v) is 7.83. The van der Waals surface area contributed by atoms with Crippen LogP contribution in [0.4, 0.5) is 4.39 Å². The first kappa shape index (κ1) is 10.2. The van der Waals surface area contributed by atoms with Crippen LogP contribution in [0.2, 0.25) is 0 Å². The van der Waals surface area contributed by atoms with E-state index < -0.39 is 0 Å². The second-order valence-corrected chi connectivity index (χ2v) is 3.28. The molecule has 1 nitrogen and oxygen atoms in total. The number of hydrogen-bond donors (Lipinski definition) is 1. The first-order valence-electron chi connectivity index (χ1n) is 4.65. The lowest BCUT2D eigenvalue weighted by Crippen LogP contribution is -2.09. The third kappa shape index (κ3) is 3.55. The summed E-state index contributed by atoms with van der Waals surface area (Å²) >= 11 is 0. The lowest BCUT2D eigenvalue weighted by atomic mass is 10.0. The van der Waals surface area contributed by atoms with Crippen LogP contribution in [0.5, 0.6) is 0 Å². The molecule has 0 radical (unpaired) electrons. The zero-order chi connectivity index (χ0) is 9.68. The number of halogens is 1. The molecule has 1 rings (SSSR count). The molecule has 13 heavy (non-hydrogen) atoms. The molecule has 0 aliphatic carbocycles. The van der Waals surface area contributed by atoms with E-state index in [1.807, 2.05) is 13.0 Å². The maximum absolute atomic E-state index is 12.7. The van der Waals surface area contributed by atoms with E-state index >= 15 is 0 Å². The van der Waals surface area contributed by atoms with Gasteiger partial charge in [-0.2, -0.15) is 0 Å².